The highest BCUT2D eigenvalue weighted by Crippen LogP contribution is 2.26. The summed E-state index contributed by atoms with van der Waals surface area (Å²) in [5, 5.41) is 12.5. The van der Waals surface area contributed by atoms with Gasteiger partial charge in [0.15, 0.2) is 5.13 Å². The zero-order valence-corrected chi connectivity index (χ0v) is 16.2. The van der Waals surface area contributed by atoms with Crippen molar-refractivity contribution in [3.63, 3.8) is 0 Å². The molecule has 0 aliphatic rings. The molecule has 0 bridgehead atoms. The van der Waals surface area contributed by atoms with Crippen molar-refractivity contribution >= 4 is 56.6 Å². The van der Waals surface area contributed by atoms with E-state index >= 15 is 0 Å². The van der Waals surface area contributed by atoms with Crippen LogP contribution < -0.4 is 5.32 Å². The van der Waals surface area contributed by atoms with E-state index in [1.165, 1.54) is 11.3 Å². The fourth-order valence-electron chi connectivity index (χ4n) is 2.63. The van der Waals surface area contributed by atoms with Crippen molar-refractivity contribution < 1.29 is 4.79 Å². The Morgan fingerprint density at radius 2 is 2.00 bits per heavy atom. The number of hydrogen-bond donors (Lipinski definition) is 1. The second-order valence-corrected chi connectivity index (χ2v) is 7.77. The Bertz CT molecular complexity index is 1120. The third-order valence-corrected chi connectivity index (χ3v) is 5.53. The van der Waals surface area contributed by atoms with Crippen LogP contribution in [-0.4, -0.2) is 25.9 Å². The summed E-state index contributed by atoms with van der Waals surface area (Å²) in [5.74, 6) is -0.207. The summed E-state index contributed by atoms with van der Waals surface area (Å²) in [6.07, 6.45) is 2.41. The summed E-state index contributed by atoms with van der Waals surface area (Å²) in [6, 6.07) is 13.0. The number of benzene rings is 2. The first-order valence-electron chi connectivity index (χ1n) is 8.05. The Balaban J connectivity index is 1.41. The summed E-state index contributed by atoms with van der Waals surface area (Å²) in [7, 11) is 0. The molecule has 0 spiro atoms. The van der Waals surface area contributed by atoms with E-state index in [-0.39, 0.29) is 12.5 Å². The molecular weight excluding hydrogens is 405 g/mol. The summed E-state index contributed by atoms with van der Waals surface area (Å²) in [4.78, 5) is 17.6. The van der Waals surface area contributed by atoms with Crippen LogP contribution in [0, 0.1) is 0 Å². The Morgan fingerprint density at radius 3 is 2.85 bits per heavy atom. The maximum absolute atomic E-state index is 12.3. The van der Waals surface area contributed by atoms with E-state index in [9.17, 15) is 4.79 Å². The van der Waals surface area contributed by atoms with Crippen molar-refractivity contribution in [2.24, 2.45) is 0 Å². The minimum absolute atomic E-state index is 0.0716. The predicted octanol–water partition coefficient (Wildman–Crippen LogP) is 4.42. The SMILES string of the molecule is O=C(Cn1nnc2ccccc21)Nc1ncc(Cc2ccc(Cl)c(Cl)c2)s1. The van der Waals surface area contributed by atoms with Gasteiger partial charge in [-0.3, -0.25) is 4.79 Å². The highest BCUT2D eigenvalue weighted by molar-refractivity contribution is 7.15. The van der Waals surface area contributed by atoms with Crippen LogP contribution in [0.25, 0.3) is 11.0 Å². The van der Waals surface area contributed by atoms with E-state index in [0.717, 1.165) is 21.5 Å². The van der Waals surface area contributed by atoms with Gasteiger partial charge >= 0.3 is 0 Å². The van der Waals surface area contributed by atoms with Crippen molar-refractivity contribution in [3.8, 4) is 0 Å². The number of hydrogen-bond acceptors (Lipinski definition) is 5. The fraction of sp³-hybridized carbons (Fsp3) is 0.111. The average Bonchev–Trinajstić information content (AvgIpc) is 3.25. The molecule has 2 aromatic carbocycles. The number of nitrogens with zero attached hydrogens (tertiary/aromatic N) is 4. The normalized spacial score (nSPS) is 11.0. The molecule has 0 saturated heterocycles. The second kappa shape index (κ2) is 7.64. The fourth-order valence-corrected chi connectivity index (χ4v) is 3.81. The van der Waals surface area contributed by atoms with Gasteiger partial charge in [-0.2, -0.15) is 0 Å². The average molecular weight is 418 g/mol. The number of fused-ring (bicyclic) bond motifs is 1. The monoisotopic (exact) mass is 417 g/mol. The molecule has 0 unspecified atom stereocenters. The molecule has 0 aliphatic heterocycles. The van der Waals surface area contributed by atoms with Gasteiger partial charge in [-0.05, 0) is 29.8 Å². The van der Waals surface area contributed by atoms with Crippen LogP contribution in [-0.2, 0) is 17.8 Å². The molecule has 136 valence electrons. The van der Waals surface area contributed by atoms with Gasteiger partial charge in [0.05, 0.1) is 15.6 Å². The van der Waals surface area contributed by atoms with Gasteiger partial charge in [-0.25, -0.2) is 9.67 Å². The Kier molecular flexibility index (Phi) is 5.07. The van der Waals surface area contributed by atoms with Crippen LogP contribution in [0.4, 0.5) is 5.13 Å². The van der Waals surface area contributed by atoms with Gasteiger partial charge in [0.1, 0.15) is 12.1 Å². The Hall–Kier alpha value is -2.48. The first-order chi connectivity index (χ1) is 13.1. The van der Waals surface area contributed by atoms with Crippen LogP contribution in [0.15, 0.2) is 48.7 Å². The first-order valence-corrected chi connectivity index (χ1v) is 9.62. The molecule has 0 aliphatic carbocycles. The maximum atomic E-state index is 12.3. The summed E-state index contributed by atoms with van der Waals surface area (Å²) in [6.45, 7) is 0.0716. The number of aromatic nitrogens is 4. The molecule has 1 N–H and O–H groups in total. The van der Waals surface area contributed by atoms with Crippen LogP contribution in [0.5, 0.6) is 0 Å². The lowest BCUT2D eigenvalue weighted by molar-refractivity contribution is -0.116. The van der Waals surface area contributed by atoms with E-state index < -0.39 is 0 Å². The summed E-state index contributed by atoms with van der Waals surface area (Å²) >= 11 is 13.4. The number of thiazole rings is 1. The maximum Gasteiger partial charge on any atom is 0.247 e. The third kappa shape index (κ3) is 4.10. The highest BCUT2D eigenvalue weighted by Gasteiger charge is 2.11. The van der Waals surface area contributed by atoms with Crippen LogP contribution in [0.1, 0.15) is 10.4 Å². The number of amides is 1. The van der Waals surface area contributed by atoms with E-state index in [1.54, 1.807) is 16.9 Å². The second-order valence-electron chi connectivity index (χ2n) is 5.84. The van der Waals surface area contributed by atoms with Crippen molar-refractivity contribution in [2.75, 3.05) is 5.32 Å². The van der Waals surface area contributed by atoms with Crippen LogP contribution in [0.3, 0.4) is 0 Å². The molecule has 2 heterocycles. The van der Waals surface area contributed by atoms with Gasteiger partial charge < -0.3 is 5.32 Å². The quantitative estimate of drug-likeness (QED) is 0.521. The van der Waals surface area contributed by atoms with Crippen molar-refractivity contribution in [1.82, 2.24) is 20.0 Å². The standard InChI is InChI=1S/C18H13Cl2N5OS/c19-13-6-5-11(8-14(13)20)7-12-9-21-18(27-12)22-17(26)10-25-16-4-2-1-3-15(16)23-24-25/h1-6,8-9H,7,10H2,(H,21,22,26). The van der Waals surface area contributed by atoms with E-state index in [4.69, 9.17) is 23.2 Å². The third-order valence-electron chi connectivity index (χ3n) is 3.88. The largest absolute Gasteiger partial charge is 0.300 e. The van der Waals surface area contributed by atoms with Gasteiger partial charge in [0.2, 0.25) is 5.91 Å². The molecule has 9 heteroatoms. The molecule has 4 rings (SSSR count). The van der Waals surface area contributed by atoms with E-state index in [0.29, 0.717) is 21.6 Å². The van der Waals surface area contributed by atoms with Crippen LogP contribution in [0.2, 0.25) is 10.0 Å². The number of halogens is 2. The molecule has 27 heavy (non-hydrogen) atoms. The van der Waals surface area contributed by atoms with Crippen molar-refractivity contribution in [1.29, 1.82) is 0 Å². The highest BCUT2D eigenvalue weighted by atomic mass is 35.5. The van der Waals surface area contributed by atoms with Gasteiger partial charge in [-0.1, -0.05) is 46.6 Å². The first kappa shape index (κ1) is 17.9. The molecule has 0 saturated carbocycles. The predicted molar refractivity (Wildman–Crippen MR) is 108 cm³/mol. The van der Waals surface area contributed by atoms with Crippen LogP contribution >= 0.6 is 34.5 Å². The van der Waals surface area contributed by atoms with Gasteiger partial charge in [-0.15, -0.1) is 16.4 Å². The Morgan fingerprint density at radius 1 is 1.15 bits per heavy atom. The number of rotatable bonds is 5. The number of carbonyl (C=O) groups excluding carboxylic acids is 1. The zero-order valence-electron chi connectivity index (χ0n) is 13.9. The minimum Gasteiger partial charge on any atom is -0.300 e. The number of nitrogens with one attached hydrogen (secondary N) is 1. The van der Waals surface area contributed by atoms with Crippen molar-refractivity contribution in [2.45, 2.75) is 13.0 Å². The molecule has 0 fully saturated rings. The topological polar surface area (TPSA) is 72.7 Å². The van der Waals surface area contributed by atoms with E-state index in [2.05, 4.69) is 20.6 Å². The number of carbonyl (C=O) groups is 1. The van der Waals surface area contributed by atoms with Gasteiger partial charge in [0.25, 0.3) is 0 Å². The molecule has 6 nitrogen and oxygen atoms in total. The Labute approximate surface area is 168 Å². The lowest BCUT2D eigenvalue weighted by Gasteiger charge is -2.03. The zero-order chi connectivity index (χ0) is 18.8. The smallest absolute Gasteiger partial charge is 0.247 e. The molecule has 4 aromatic rings. The number of para-hydroxylation sites is 1. The summed E-state index contributed by atoms with van der Waals surface area (Å²) < 4.78 is 1.56. The molecule has 0 radical (unpaired) electrons. The minimum atomic E-state index is -0.207. The van der Waals surface area contributed by atoms with E-state index in [1.807, 2.05) is 36.4 Å². The van der Waals surface area contributed by atoms with Crippen molar-refractivity contribution in [3.05, 3.63) is 69.1 Å². The molecule has 2 aromatic heterocycles. The molecular formula is C18H13Cl2N5OS. The molecule has 1 amide bonds. The summed E-state index contributed by atoms with van der Waals surface area (Å²) in [5.41, 5.74) is 2.59. The lowest BCUT2D eigenvalue weighted by Crippen LogP contribution is -2.19. The number of anilines is 1. The molecule has 0 atom stereocenters. The lowest BCUT2D eigenvalue weighted by atomic mass is 10.1. The van der Waals surface area contributed by atoms with Gasteiger partial charge in [0, 0.05) is 17.5 Å².